The molecule has 0 radical (unpaired) electrons. The van der Waals surface area contributed by atoms with Gasteiger partial charge < -0.3 is 10.6 Å². The summed E-state index contributed by atoms with van der Waals surface area (Å²) in [6, 6.07) is 24.0. The number of likely N-dealkylation sites (tertiary alicyclic amines) is 1. The summed E-state index contributed by atoms with van der Waals surface area (Å²) in [4.78, 5) is 32.5. The molecule has 0 bridgehead atoms. The predicted octanol–water partition coefficient (Wildman–Crippen LogP) is 4.59. The highest BCUT2D eigenvalue weighted by Gasteiger charge is 2.26. The molecule has 6 nitrogen and oxygen atoms in total. The molecule has 1 aliphatic rings. The van der Waals surface area contributed by atoms with Crippen molar-refractivity contribution in [3.05, 3.63) is 84.1 Å². The van der Waals surface area contributed by atoms with Crippen LogP contribution in [0.1, 0.15) is 30.1 Å². The second kappa shape index (κ2) is 9.61. The smallest absolute Gasteiger partial charge is 0.313 e. The summed E-state index contributed by atoms with van der Waals surface area (Å²) in [5.41, 5.74) is 3.33. The number of para-hydroxylation sites is 1. The number of fused-ring (bicyclic) bond motifs is 2. The number of aryl methyl sites for hydroxylation is 1. The van der Waals surface area contributed by atoms with Gasteiger partial charge in [-0.2, -0.15) is 0 Å². The van der Waals surface area contributed by atoms with Crippen LogP contribution in [-0.2, 0) is 9.59 Å². The molecule has 1 atom stereocenters. The lowest BCUT2D eigenvalue weighted by Crippen LogP contribution is -2.41. The highest BCUT2D eigenvalue weighted by Crippen LogP contribution is 2.30. The number of benzene rings is 3. The minimum atomic E-state index is -0.672. The summed E-state index contributed by atoms with van der Waals surface area (Å²) in [6.07, 6.45) is 2.29. The largest absolute Gasteiger partial charge is 0.346 e. The van der Waals surface area contributed by atoms with Crippen molar-refractivity contribution in [2.24, 2.45) is 0 Å². The number of nitrogens with zero attached hydrogens (tertiary/aromatic N) is 2. The molecular weight excluding hydrogens is 424 g/mol. The van der Waals surface area contributed by atoms with E-state index in [4.69, 9.17) is 0 Å². The van der Waals surface area contributed by atoms with E-state index in [0.717, 1.165) is 42.5 Å². The summed E-state index contributed by atoms with van der Waals surface area (Å²) in [6.45, 7) is 4.21. The Morgan fingerprint density at radius 2 is 1.62 bits per heavy atom. The third kappa shape index (κ3) is 4.50. The van der Waals surface area contributed by atoms with Crippen LogP contribution in [0.3, 0.4) is 0 Å². The lowest BCUT2D eigenvalue weighted by atomic mass is 9.97. The summed E-state index contributed by atoms with van der Waals surface area (Å²) in [5.74, 6) is -1.31. The summed E-state index contributed by atoms with van der Waals surface area (Å²) >= 11 is 0. The van der Waals surface area contributed by atoms with E-state index in [0.29, 0.717) is 12.2 Å². The minimum absolute atomic E-state index is 0.00866. The molecule has 2 N–H and O–H groups in total. The third-order valence-electron chi connectivity index (χ3n) is 6.52. The third-order valence-corrected chi connectivity index (χ3v) is 6.52. The van der Waals surface area contributed by atoms with Gasteiger partial charge in [0.2, 0.25) is 0 Å². The molecule has 0 saturated carbocycles. The van der Waals surface area contributed by atoms with Crippen molar-refractivity contribution in [1.82, 2.24) is 15.2 Å². The first-order valence-electron chi connectivity index (χ1n) is 11.8. The maximum atomic E-state index is 12.8. The van der Waals surface area contributed by atoms with Crippen molar-refractivity contribution < 1.29 is 9.59 Å². The van der Waals surface area contributed by atoms with E-state index in [1.165, 1.54) is 16.3 Å². The van der Waals surface area contributed by atoms with E-state index >= 15 is 0 Å². The average molecular weight is 453 g/mol. The van der Waals surface area contributed by atoms with Gasteiger partial charge in [-0.25, -0.2) is 0 Å². The normalized spacial score (nSPS) is 14.9. The Kier molecular flexibility index (Phi) is 6.23. The predicted molar refractivity (Wildman–Crippen MR) is 136 cm³/mol. The maximum absolute atomic E-state index is 12.8. The Hall–Kier alpha value is -3.77. The number of pyridine rings is 1. The number of carbonyl (C=O) groups is 2. The standard InChI is InChI=1S/C28H28N4O2/c1-19-17-25(23-12-4-5-14-24(23)30-19)31-28(34)27(33)29-18-26(32-15-6-7-16-32)22-13-8-10-20-9-2-3-11-21(20)22/h2-5,8-14,17,26H,6-7,15-16,18H2,1H3,(H,29,33)(H,30,31,34)/t26-/m1/s1. The second-order valence-corrected chi connectivity index (χ2v) is 8.82. The zero-order valence-corrected chi connectivity index (χ0v) is 19.3. The molecule has 1 aliphatic heterocycles. The van der Waals surface area contributed by atoms with Crippen LogP contribution in [0.2, 0.25) is 0 Å². The van der Waals surface area contributed by atoms with Crippen molar-refractivity contribution >= 4 is 39.2 Å². The van der Waals surface area contributed by atoms with E-state index in [-0.39, 0.29) is 6.04 Å². The number of nitrogens with one attached hydrogen (secondary N) is 2. The van der Waals surface area contributed by atoms with Crippen molar-refractivity contribution in [2.45, 2.75) is 25.8 Å². The van der Waals surface area contributed by atoms with Crippen LogP contribution in [-0.4, -0.2) is 41.3 Å². The Bertz CT molecular complexity index is 1360. The van der Waals surface area contributed by atoms with Crippen LogP contribution in [0.4, 0.5) is 5.69 Å². The monoisotopic (exact) mass is 452 g/mol. The zero-order chi connectivity index (χ0) is 23.5. The molecule has 1 fully saturated rings. The van der Waals surface area contributed by atoms with Gasteiger partial charge in [-0.05, 0) is 61.3 Å². The first kappa shape index (κ1) is 22.0. The molecule has 5 rings (SSSR count). The number of amides is 2. The molecule has 6 heteroatoms. The van der Waals surface area contributed by atoms with Crippen LogP contribution in [0, 0.1) is 6.92 Å². The van der Waals surface area contributed by atoms with Crippen molar-refractivity contribution in [3.63, 3.8) is 0 Å². The number of aromatic nitrogens is 1. The van der Waals surface area contributed by atoms with E-state index < -0.39 is 11.8 Å². The number of carbonyl (C=O) groups excluding carboxylic acids is 2. The molecule has 2 amide bonds. The quantitative estimate of drug-likeness (QED) is 0.435. The van der Waals surface area contributed by atoms with Crippen LogP contribution >= 0.6 is 0 Å². The molecule has 1 aromatic heterocycles. The van der Waals surface area contributed by atoms with Crippen molar-refractivity contribution in [1.29, 1.82) is 0 Å². The fourth-order valence-electron chi connectivity index (χ4n) is 4.89. The lowest BCUT2D eigenvalue weighted by molar-refractivity contribution is -0.136. The number of rotatable bonds is 5. The molecule has 3 aromatic carbocycles. The first-order valence-corrected chi connectivity index (χ1v) is 11.8. The van der Waals surface area contributed by atoms with Gasteiger partial charge >= 0.3 is 11.8 Å². The number of anilines is 1. The van der Waals surface area contributed by atoms with E-state index in [2.05, 4.69) is 50.8 Å². The van der Waals surface area contributed by atoms with Gasteiger partial charge in [0, 0.05) is 17.6 Å². The fourth-order valence-corrected chi connectivity index (χ4v) is 4.89. The Morgan fingerprint density at radius 3 is 2.44 bits per heavy atom. The van der Waals surface area contributed by atoms with Gasteiger partial charge in [0.05, 0.1) is 17.2 Å². The summed E-state index contributed by atoms with van der Waals surface area (Å²) in [7, 11) is 0. The molecule has 34 heavy (non-hydrogen) atoms. The highest BCUT2D eigenvalue weighted by molar-refractivity contribution is 6.40. The van der Waals surface area contributed by atoms with E-state index in [1.807, 2.05) is 43.3 Å². The Balaban J connectivity index is 1.35. The van der Waals surface area contributed by atoms with Gasteiger partial charge in [-0.15, -0.1) is 0 Å². The van der Waals surface area contributed by atoms with Gasteiger partial charge in [-0.3, -0.25) is 19.5 Å². The minimum Gasteiger partial charge on any atom is -0.346 e. The van der Waals surface area contributed by atoms with Crippen LogP contribution in [0.15, 0.2) is 72.8 Å². The van der Waals surface area contributed by atoms with Gasteiger partial charge in [0.1, 0.15) is 0 Å². The van der Waals surface area contributed by atoms with Crippen LogP contribution in [0.25, 0.3) is 21.7 Å². The van der Waals surface area contributed by atoms with E-state index in [9.17, 15) is 9.59 Å². The fraction of sp³-hybridized carbons (Fsp3) is 0.250. The first-order chi connectivity index (χ1) is 16.6. The molecule has 0 spiro atoms. The summed E-state index contributed by atoms with van der Waals surface area (Å²) in [5, 5.41) is 8.84. The molecule has 2 heterocycles. The molecule has 0 aliphatic carbocycles. The molecule has 172 valence electrons. The topological polar surface area (TPSA) is 74.3 Å². The molecule has 0 unspecified atom stereocenters. The molecule has 1 saturated heterocycles. The van der Waals surface area contributed by atoms with Crippen molar-refractivity contribution in [3.8, 4) is 0 Å². The lowest BCUT2D eigenvalue weighted by Gasteiger charge is -2.29. The SMILES string of the molecule is Cc1cc(NC(=O)C(=O)NC[C@H](c2cccc3ccccc23)N2CCCC2)c2ccccc2n1. The number of hydrogen-bond donors (Lipinski definition) is 2. The molecular formula is C28H28N4O2. The van der Waals surface area contributed by atoms with Crippen LogP contribution < -0.4 is 10.6 Å². The van der Waals surface area contributed by atoms with Gasteiger partial charge in [-0.1, -0.05) is 60.7 Å². The average Bonchev–Trinajstić information content (AvgIpc) is 3.38. The highest BCUT2D eigenvalue weighted by atomic mass is 16.2. The van der Waals surface area contributed by atoms with Crippen molar-refractivity contribution in [2.75, 3.05) is 25.0 Å². The maximum Gasteiger partial charge on any atom is 0.313 e. The van der Waals surface area contributed by atoms with Gasteiger partial charge in [0.15, 0.2) is 0 Å². The Morgan fingerprint density at radius 1 is 0.912 bits per heavy atom. The second-order valence-electron chi connectivity index (χ2n) is 8.82. The molecule has 4 aromatic rings. The number of hydrogen-bond acceptors (Lipinski definition) is 4. The van der Waals surface area contributed by atoms with Gasteiger partial charge in [0.25, 0.3) is 0 Å². The van der Waals surface area contributed by atoms with E-state index in [1.54, 1.807) is 6.07 Å². The summed E-state index contributed by atoms with van der Waals surface area (Å²) < 4.78 is 0. The Labute approximate surface area is 199 Å². The van der Waals surface area contributed by atoms with Crippen LogP contribution in [0.5, 0.6) is 0 Å². The zero-order valence-electron chi connectivity index (χ0n) is 19.3.